The van der Waals surface area contributed by atoms with E-state index in [9.17, 15) is 13.2 Å². The number of alkyl halides is 3. The Balaban J connectivity index is 1.85. The average Bonchev–Trinajstić information content (AvgIpc) is 2.52. The first kappa shape index (κ1) is 17.3. The van der Waals surface area contributed by atoms with Gasteiger partial charge in [0.25, 0.3) is 0 Å². The minimum Gasteiger partial charge on any atom is -0.369 e. The van der Waals surface area contributed by atoms with Gasteiger partial charge in [-0.05, 0) is 44.1 Å². The molecule has 0 saturated heterocycles. The molecule has 1 saturated carbocycles. The zero-order valence-corrected chi connectivity index (χ0v) is 13.1. The molecule has 0 heterocycles. The van der Waals surface area contributed by atoms with Gasteiger partial charge in [-0.2, -0.15) is 13.2 Å². The maximum Gasteiger partial charge on any atom is 0.417 e. The largest absolute Gasteiger partial charge is 0.417 e. The SMILES string of the molecule is COC(C)(C1CCC(NCc2ccccc2)CC1)C(F)(F)F. The standard InChI is InChI=1S/C17H24F3NO/c1-16(22-2,17(18,19)20)14-8-10-15(11-9-14)21-12-13-6-4-3-5-7-13/h3-7,14-15,21H,8-12H2,1-2H3. The molecule has 2 nitrogen and oxygen atoms in total. The molecule has 1 aromatic rings. The molecule has 1 atom stereocenters. The molecule has 1 fully saturated rings. The van der Waals surface area contributed by atoms with E-state index in [-0.39, 0.29) is 6.04 Å². The fraction of sp³-hybridized carbons (Fsp3) is 0.647. The fourth-order valence-corrected chi connectivity index (χ4v) is 3.22. The summed E-state index contributed by atoms with van der Waals surface area (Å²) in [5.41, 5.74) is -0.834. The minimum atomic E-state index is -4.32. The average molecular weight is 315 g/mol. The third-order valence-electron chi connectivity index (χ3n) is 4.93. The zero-order valence-electron chi connectivity index (χ0n) is 13.1. The van der Waals surface area contributed by atoms with E-state index in [1.54, 1.807) is 0 Å². The molecule has 1 aliphatic rings. The monoisotopic (exact) mass is 315 g/mol. The van der Waals surface area contributed by atoms with Crippen LogP contribution in [0, 0.1) is 5.92 Å². The molecule has 22 heavy (non-hydrogen) atoms. The van der Waals surface area contributed by atoms with E-state index in [4.69, 9.17) is 4.74 Å². The molecule has 2 rings (SSSR count). The van der Waals surface area contributed by atoms with Gasteiger partial charge in [0.2, 0.25) is 0 Å². The number of ether oxygens (including phenoxy) is 1. The summed E-state index contributed by atoms with van der Waals surface area (Å²) in [4.78, 5) is 0. The predicted octanol–water partition coefficient (Wildman–Crippen LogP) is 4.30. The number of methoxy groups -OCH3 is 1. The van der Waals surface area contributed by atoms with Crippen LogP contribution in [0.4, 0.5) is 13.2 Å². The molecular formula is C17H24F3NO. The maximum absolute atomic E-state index is 13.2. The summed E-state index contributed by atoms with van der Waals surface area (Å²) in [6.07, 6.45) is -1.73. The third-order valence-corrected chi connectivity index (χ3v) is 4.93. The van der Waals surface area contributed by atoms with E-state index < -0.39 is 17.7 Å². The van der Waals surface area contributed by atoms with Crippen molar-refractivity contribution in [3.8, 4) is 0 Å². The Morgan fingerprint density at radius 3 is 2.18 bits per heavy atom. The lowest BCUT2D eigenvalue weighted by atomic mass is 9.75. The quantitative estimate of drug-likeness (QED) is 0.874. The summed E-state index contributed by atoms with van der Waals surface area (Å²) >= 11 is 0. The lowest BCUT2D eigenvalue weighted by Crippen LogP contribution is -2.52. The fourth-order valence-electron chi connectivity index (χ4n) is 3.22. The highest BCUT2D eigenvalue weighted by molar-refractivity contribution is 5.14. The van der Waals surface area contributed by atoms with E-state index in [0.717, 1.165) is 26.5 Å². The van der Waals surface area contributed by atoms with Gasteiger partial charge in [-0.15, -0.1) is 0 Å². The van der Waals surface area contributed by atoms with Crippen LogP contribution in [-0.4, -0.2) is 24.9 Å². The second-order valence-corrected chi connectivity index (χ2v) is 6.22. The Morgan fingerprint density at radius 1 is 1.09 bits per heavy atom. The van der Waals surface area contributed by atoms with Crippen molar-refractivity contribution in [2.75, 3.05) is 7.11 Å². The highest BCUT2D eigenvalue weighted by Gasteiger charge is 2.56. The van der Waals surface area contributed by atoms with E-state index in [1.165, 1.54) is 12.5 Å². The summed E-state index contributed by atoms with van der Waals surface area (Å²) in [5.74, 6) is -0.465. The number of hydrogen-bond acceptors (Lipinski definition) is 2. The van der Waals surface area contributed by atoms with Crippen molar-refractivity contribution in [1.29, 1.82) is 0 Å². The minimum absolute atomic E-state index is 0.283. The maximum atomic E-state index is 13.2. The van der Waals surface area contributed by atoms with Crippen molar-refractivity contribution in [1.82, 2.24) is 5.32 Å². The van der Waals surface area contributed by atoms with Gasteiger partial charge < -0.3 is 10.1 Å². The summed E-state index contributed by atoms with van der Waals surface area (Å²) in [6, 6.07) is 10.3. The summed E-state index contributed by atoms with van der Waals surface area (Å²) in [7, 11) is 1.16. The van der Waals surface area contributed by atoms with Crippen molar-refractivity contribution in [3.05, 3.63) is 35.9 Å². The van der Waals surface area contributed by atoms with Gasteiger partial charge in [-0.25, -0.2) is 0 Å². The third kappa shape index (κ3) is 3.82. The molecule has 0 spiro atoms. The molecule has 0 aromatic heterocycles. The summed E-state index contributed by atoms with van der Waals surface area (Å²) in [5, 5.41) is 3.44. The van der Waals surface area contributed by atoms with Crippen molar-refractivity contribution in [2.24, 2.45) is 5.92 Å². The lowest BCUT2D eigenvalue weighted by Gasteiger charge is -2.41. The zero-order chi connectivity index (χ0) is 16.2. The molecule has 1 N–H and O–H groups in total. The highest BCUT2D eigenvalue weighted by Crippen LogP contribution is 2.44. The number of halogens is 3. The van der Waals surface area contributed by atoms with Gasteiger partial charge in [0.05, 0.1) is 0 Å². The normalized spacial score (nSPS) is 25.7. The summed E-state index contributed by atoms with van der Waals surface area (Å²) < 4.78 is 44.5. The number of benzene rings is 1. The van der Waals surface area contributed by atoms with E-state index in [2.05, 4.69) is 5.32 Å². The van der Waals surface area contributed by atoms with Crippen LogP contribution in [0.3, 0.4) is 0 Å². The molecule has 1 unspecified atom stereocenters. The number of hydrogen-bond donors (Lipinski definition) is 1. The first-order valence-electron chi connectivity index (χ1n) is 7.76. The summed E-state index contributed by atoms with van der Waals surface area (Å²) in [6.45, 7) is 1.94. The first-order valence-corrected chi connectivity index (χ1v) is 7.76. The van der Waals surface area contributed by atoms with E-state index in [0.29, 0.717) is 12.8 Å². The Morgan fingerprint density at radius 2 is 1.68 bits per heavy atom. The number of rotatable bonds is 5. The van der Waals surface area contributed by atoms with Crippen LogP contribution in [0.5, 0.6) is 0 Å². The molecule has 1 aromatic carbocycles. The van der Waals surface area contributed by atoms with Gasteiger partial charge >= 0.3 is 6.18 Å². The highest BCUT2D eigenvalue weighted by atomic mass is 19.4. The van der Waals surface area contributed by atoms with Gasteiger partial charge in [-0.1, -0.05) is 30.3 Å². The van der Waals surface area contributed by atoms with Crippen LogP contribution >= 0.6 is 0 Å². The van der Waals surface area contributed by atoms with Crippen LogP contribution < -0.4 is 5.32 Å². The van der Waals surface area contributed by atoms with E-state index in [1.807, 2.05) is 30.3 Å². The molecule has 5 heteroatoms. The predicted molar refractivity (Wildman–Crippen MR) is 80.5 cm³/mol. The van der Waals surface area contributed by atoms with Crippen LogP contribution in [0.1, 0.15) is 38.2 Å². The van der Waals surface area contributed by atoms with Gasteiger partial charge in [0.15, 0.2) is 5.60 Å². The van der Waals surface area contributed by atoms with Crippen molar-refractivity contribution < 1.29 is 17.9 Å². The van der Waals surface area contributed by atoms with Gasteiger partial charge in [-0.3, -0.25) is 0 Å². The topological polar surface area (TPSA) is 21.3 Å². The Bertz CT molecular complexity index is 455. The smallest absolute Gasteiger partial charge is 0.369 e. The molecule has 0 amide bonds. The van der Waals surface area contributed by atoms with E-state index >= 15 is 0 Å². The van der Waals surface area contributed by atoms with Gasteiger partial charge in [0.1, 0.15) is 0 Å². The van der Waals surface area contributed by atoms with Crippen LogP contribution in [0.15, 0.2) is 30.3 Å². The lowest BCUT2D eigenvalue weighted by molar-refractivity contribution is -0.285. The Hall–Kier alpha value is -1.07. The van der Waals surface area contributed by atoms with Crippen LogP contribution in [0.25, 0.3) is 0 Å². The second kappa shape index (κ2) is 7.01. The Kier molecular flexibility index (Phi) is 5.50. The first-order chi connectivity index (χ1) is 10.4. The molecule has 1 aliphatic carbocycles. The molecule has 124 valence electrons. The van der Waals surface area contributed by atoms with Crippen molar-refractivity contribution in [2.45, 2.75) is 57.0 Å². The Labute approximate surface area is 130 Å². The van der Waals surface area contributed by atoms with Crippen LogP contribution in [-0.2, 0) is 11.3 Å². The number of nitrogens with one attached hydrogen (secondary N) is 1. The second-order valence-electron chi connectivity index (χ2n) is 6.22. The van der Waals surface area contributed by atoms with Gasteiger partial charge in [0, 0.05) is 19.7 Å². The molecule has 0 aliphatic heterocycles. The molecule has 0 bridgehead atoms. The molecular weight excluding hydrogens is 291 g/mol. The van der Waals surface area contributed by atoms with Crippen molar-refractivity contribution in [3.63, 3.8) is 0 Å². The van der Waals surface area contributed by atoms with Crippen LogP contribution in [0.2, 0.25) is 0 Å². The van der Waals surface area contributed by atoms with Crippen molar-refractivity contribution >= 4 is 0 Å². The molecule has 0 radical (unpaired) electrons.